The first-order valence-corrected chi connectivity index (χ1v) is 12.2. The standard InChI is InChI=1S/C21H31N3O3S/c1-15-6-8-16(9-7-15)21(25)22-12-20-18-11-17(13-23(14-18)28(2,26)27)19-5-3-4-10-24(19)20/h6-9,17-20H,3-5,10-14H2,1-2H3,(H,22,25)/t17-,18+,19+,20+/m1/s1. The molecule has 3 fully saturated rings. The van der Waals surface area contributed by atoms with Crippen LogP contribution in [-0.2, 0) is 10.0 Å². The summed E-state index contributed by atoms with van der Waals surface area (Å²) in [6.45, 7) is 4.87. The minimum absolute atomic E-state index is 0.0496. The summed E-state index contributed by atoms with van der Waals surface area (Å²) in [7, 11) is -3.18. The van der Waals surface area contributed by atoms with Gasteiger partial charge in [0, 0.05) is 37.3 Å². The van der Waals surface area contributed by atoms with E-state index in [9.17, 15) is 13.2 Å². The zero-order valence-electron chi connectivity index (χ0n) is 16.8. The fourth-order valence-electron chi connectivity index (χ4n) is 5.42. The third-order valence-corrected chi connectivity index (χ3v) is 8.08. The summed E-state index contributed by atoms with van der Waals surface area (Å²) in [4.78, 5) is 15.2. The molecule has 4 rings (SSSR count). The zero-order valence-corrected chi connectivity index (χ0v) is 17.6. The van der Waals surface area contributed by atoms with Crippen molar-refractivity contribution in [2.75, 3.05) is 32.4 Å². The van der Waals surface area contributed by atoms with E-state index in [1.165, 1.54) is 19.1 Å². The van der Waals surface area contributed by atoms with Crippen molar-refractivity contribution < 1.29 is 13.2 Å². The van der Waals surface area contributed by atoms with E-state index in [1.54, 1.807) is 4.31 Å². The Morgan fingerprint density at radius 3 is 2.57 bits per heavy atom. The van der Waals surface area contributed by atoms with Gasteiger partial charge < -0.3 is 5.32 Å². The lowest BCUT2D eigenvalue weighted by Crippen LogP contribution is -2.66. The quantitative estimate of drug-likeness (QED) is 0.830. The molecule has 0 saturated carbocycles. The molecule has 3 saturated heterocycles. The fourth-order valence-corrected chi connectivity index (χ4v) is 6.35. The monoisotopic (exact) mass is 405 g/mol. The van der Waals surface area contributed by atoms with Gasteiger partial charge in [-0.15, -0.1) is 0 Å². The molecule has 1 N–H and O–H groups in total. The van der Waals surface area contributed by atoms with Gasteiger partial charge in [0.25, 0.3) is 5.91 Å². The van der Waals surface area contributed by atoms with Gasteiger partial charge in [0.2, 0.25) is 10.0 Å². The molecule has 0 spiro atoms. The van der Waals surface area contributed by atoms with E-state index in [1.807, 2.05) is 31.2 Å². The van der Waals surface area contributed by atoms with E-state index in [0.29, 0.717) is 37.2 Å². The van der Waals surface area contributed by atoms with Gasteiger partial charge in [0.05, 0.1) is 6.26 Å². The van der Waals surface area contributed by atoms with Crippen molar-refractivity contribution >= 4 is 15.9 Å². The van der Waals surface area contributed by atoms with Crippen molar-refractivity contribution in [1.29, 1.82) is 0 Å². The number of hydrogen-bond acceptors (Lipinski definition) is 4. The average Bonchev–Trinajstić information content (AvgIpc) is 2.67. The molecule has 6 nitrogen and oxygen atoms in total. The number of carbonyl (C=O) groups excluding carboxylic acids is 1. The second-order valence-electron chi connectivity index (χ2n) is 8.78. The van der Waals surface area contributed by atoms with E-state index in [4.69, 9.17) is 0 Å². The zero-order chi connectivity index (χ0) is 19.9. The van der Waals surface area contributed by atoms with Gasteiger partial charge in [0.1, 0.15) is 0 Å². The van der Waals surface area contributed by atoms with E-state index in [0.717, 1.165) is 24.9 Å². The number of rotatable bonds is 4. The average molecular weight is 406 g/mol. The lowest BCUT2D eigenvalue weighted by Gasteiger charge is -2.56. The topological polar surface area (TPSA) is 69.7 Å². The lowest BCUT2D eigenvalue weighted by molar-refractivity contribution is -0.0537. The van der Waals surface area contributed by atoms with Gasteiger partial charge in [-0.1, -0.05) is 24.1 Å². The van der Waals surface area contributed by atoms with Crippen LogP contribution in [0.25, 0.3) is 0 Å². The van der Waals surface area contributed by atoms with E-state index >= 15 is 0 Å². The summed E-state index contributed by atoms with van der Waals surface area (Å²) in [6, 6.07) is 8.27. The van der Waals surface area contributed by atoms with Crippen LogP contribution < -0.4 is 5.32 Å². The highest BCUT2D eigenvalue weighted by atomic mass is 32.2. The molecule has 2 bridgehead atoms. The molecule has 4 atom stereocenters. The molecule has 0 unspecified atom stereocenters. The summed E-state index contributed by atoms with van der Waals surface area (Å²) < 4.78 is 26.1. The number of nitrogens with zero attached hydrogens (tertiary/aromatic N) is 2. The number of nitrogens with one attached hydrogen (secondary N) is 1. The predicted molar refractivity (Wildman–Crippen MR) is 110 cm³/mol. The van der Waals surface area contributed by atoms with E-state index < -0.39 is 10.0 Å². The number of sulfonamides is 1. The van der Waals surface area contributed by atoms with Crippen molar-refractivity contribution in [2.45, 2.75) is 44.7 Å². The minimum atomic E-state index is -3.18. The second kappa shape index (κ2) is 7.76. The number of benzene rings is 1. The normalized spacial score (nSPS) is 31.2. The lowest BCUT2D eigenvalue weighted by atomic mass is 9.73. The second-order valence-corrected chi connectivity index (χ2v) is 10.8. The Labute approximate surface area is 168 Å². The van der Waals surface area contributed by atoms with Crippen molar-refractivity contribution in [2.24, 2.45) is 11.8 Å². The Morgan fingerprint density at radius 1 is 1.14 bits per heavy atom. The maximum absolute atomic E-state index is 12.6. The number of hydrogen-bond donors (Lipinski definition) is 1. The summed E-state index contributed by atoms with van der Waals surface area (Å²) in [6.07, 6.45) is 5.92. The van der Waals surface area contributed by atoms with Crippen LogP contribution in [0.5, 0.6) is 0 Å². The third-order valence-electron chi connectivity index (χ3n) is 6.84. The van der Waals surface area contributed by atoms with Crippen LogP contribution in [0.15, 0.2) is 24.3 Å². The molecule has 3 aliphatic heterocycles. The predicted octanol–water partition coefficient (Wildman–Crippen LogP) is 1.86. The molecule has 154 valence electrons. The largest absolute Gasteiger partial charge is 0.350 e. The van der Waals surface area contributed by atoms with E-state index in [-0.39, 0.29) is 17.9 Å². The van der Waals surface area contributed by atoms with Crippen molar-refractivity contribution in [3.05, 3.63) is 35.4 Å². The maximum Gasteiger partial charge on any atom is 0.251 e. The Morgan fingerprint density at radius 2 is 1.86 bits per heavy atom. The van der Waals surface area contributed by atoms with Crippen LogP contribution in [0.3, 0.4) is 0 Å². The Balaban J connectivity index is 1.50. The van der Waals surface area contributed by atoms with Gasteiger partial charge in [-0.3, -0.25) is 9.69 Å². The summed E-state index contributed by atoms with van der Waals surface area (Å²) in [5.41, 5.74) is 1.81. The first-order valence-electron chi connectivity index (χ1n) is 10.4. The Kier molecular flexibility index (Phi) is 5.51. The Hall–Kier alpha value is -1.44. The minimum Gasteiger partial charge on any atom is -0.350 e. The molecule has 1 aromatic carbocycles. The van der Waals surface area contributed by atoms with Gasteiger partial charge in [0.15, 0.2) is 0 Å². The van der Waals surface area contributed by atoms with Crippen LogP contribution in [0.4, 0.5) is 0 Å². The third kappa shape index (κ3) is 3.98. The number of aryl methyl sites for hydroxylation is 1. The van der Waals surface area contributed by atoms with Gasteiger partial charge in [-0.05, 0) is 56.7 Å². The molecule has 3 aliphatic rings. The SMILES string of the molecule is Cc1ccc(C(=O)NC[C@H]2[C@H]3C[C@H](CN(S(C)(=O)=O)C3)[C@@H]3CCCCN32)cc1. The summed E-state index contributed by atoms with van der Waals surface area (Å²) in [5, 5.41) is 3.13. The maximum atomic E-state index is 12.6. The van der Waals surface area contributed by atoms with Crippen LogP contribution in [0, 0.1) is 18.8 Å². The molecular weight excluding hydrogens is 374 g/mol. The highest BCUT2D eigenvalue weighted by Gasteiger charge is 2.48. The molecular formula is C21H31N3O3S. The smallest absolute Gasteiger partial charge is 0.251 e. The molecule has 0 aliphatic carbocycles. The first kappa shape index (κ1) is 19.9. The van der Waals surface area contributed by atoms with Crippen LogP contribution in [0.2, 0.25) is 0 Å². The number of amides is 1. The molecule has 0 radical (unpaired) electrons. The van der Waals surface area contributed by atoms with Crippen molar-refractivity contribution in [3.63, 3.8) is 0 Å². The molecule has 7 heteroatoms. The van der Waals surface area contributed by atoms with Gasteiger partial charge >= 0.3 is 0 Å². The van der Waals surface area contributed by atoms with Crippen LogP contribution in [0.1, 0.15) is 41.6 Å². The van der Waals surface area contributed by atoms with Crippen molar-refractivity contribution in [3.8, 4) is 0 Å². The molecule has 0 aromatic heterocycles. The Bertz CT molecular complexity index is 824. The van der Waals surface area contributed by atoms with Crippen LogP contribution >= 0.6 is 0 Å². The number of piperidine rings is 3. The first-order chi connectivity index (χ1) is 13.3. The molecule has 1 aromatic rings. The van der Waals surface area contributed by atoms with Crippen molar-refractivity contribution in [1.82, 2.24) is 14.5 Å². The van der Waals surface area contributed by atoms with E-state index in [2.05, 4.69) is 10.2 Å². The van der Waals surface area contributed by atoms with Crippen LogP contribution in [-0.4, -0.2) is 68.0 Å². The van der Waals surface area contributed by atoms with Gasteiger partial charge in [-0.25, -0.2) is 12.7 Å². The van der Waals surface area contributed by atoms with Gasteiger partial charge in [-0.2, -0.15) is 0 Å². The summed E-state index contributed by atoms with van der Waals surface area (Å²) in [5.74, 6) is 0.644. The molecule has 28 heavy (non-hydrogen) atoms. The highest BCUT2D eigenvalue weighted by Crippen LogP contribution is 2.41. The highest BCUT2D eigenvalue weighted by molar-refractivity contribution is 7.88. The molecule has 3 heterocycles. The number of fused-ring (bicyclic) bond motifs is 4. The molecule has 1 amide bonds. The number of carbonyl (C=O) groups is 1. The fraction of sp³-hybridized carbons (Fsp3) is 0.667. The summed E-state index contributed by atoms with van der Waals surface area (Å²) >= 11 is 0.